The Hall–Kier alpha value is -1.41. The second kappa shape index (κ2) is 3.99. The maximum Gasteiger partial charge on any atom is 0.134 e. The van der Waals surface area contributed by atoms with Gasteiger partial charge in [-0.25, -0.2) is 0 Å². The van der Waals surface area contributed by atoms with Crippen LogP contribution >= 0.6 is 11.6 Å². The Balaban J connectivity index is 2.60. The molecule has 0 aliphatic rings. The Bertz CT molecular complexity index is 522. The molecule has 3 heteroatoms. The molecule has 0 atom stereocenters. The molecule has 0 saturated heterocycles. The molecule has 0 fully saturated rings. The second-order valence-corrected chi connectivity index (χ2v) is 3.95. The van der Waals surface area contributed by atoms with Crippen molar-refractivity contribution < 1.29 is 4.79 Å². The van der Waals surface area contributed by atoms with E-state index in [2.05, 4.69) is 4.98 Å². The van der Waals surface area contributed by atoms with E-state index in [1.54, 1.807) is 19.2 Å². The number of hydrogen-bond donors (Lipinski definition) is 0. The van der Waals surface area contributed by atoms with Crippen LogP contribution < -0.4 is 0 Å². The van der Waals surface area contributed by atoms with Crippen LogP contribution in [0.1, 0.15) is 12.5 Å². The van der Waals surface area contributed by atoms with Gasteiger partial charge in [-0.05, 0) is 30.7 Å². The van der Waals surface area contributed by atoms with Crippen LogP contribution in [0, 0.1) is 0 Å². The normalized spacial score (nSPS) is 10.5. The zero-order valence-corrected chi connectivity index (χ0v) is 9.08. The molecule has 0 N–H and O–H groups in total. The summed E-state index contributed by atoms with van der Waals surface area (Å²) in [6.45, 7) is 1.59. The number of hydrogen-bond acceptors (Lipinski definition) is 2. The summed E-state index contributed by atoms with van der Waals surface area (Å²) >= 11 is 5.87. The average molecular weight is 220 g/mol. The molecule has 0 radical (unpaired) electrons. The summed E-state index contributed by atoms with van der Waals surface area (Å²) in [7, 11) is 0. The van der Waals surface area contributed by atoms with Gasteiger partial charge in [0.15, 0.2) is 0 Å². The molecular formula is C12H10ClNO. The summed E-state index contributed by atoms with van der Waals surface area (Å²) in [5.74, 6) is 0.150. The predicted octanol–water partition coefficient (Wildman–Crippen LogP) is 3.02. The number of halogens is 1. The van der Waals surface area contributed by atoms with Crippen molar-refractivity contribution in [3.63, 3.8) is 0 Å². The van der Waals surface area contributed by atoms with Gasteiger partial charge in [0.2, 0.25) is 0 Å². The number of Topliss-reactive ketones (excluding diaryl/α,β-unsaturated/α-hetero) is 1. The number of benzene rings is 1. The van der Waals surface area contributed by atoms with Gasteiger partial charge in [0.25, 0.3) is 0 Å². The minimum Gasteiger partial charge on any atom is -0.300 e. The van der Waals surface area contributed by atoms with E-state index in [1.165, 1.54) is 0 Å². The highest BCUT2D eigenvalue weighted by atomic mass is 35.5. The monoisotopic (exact) mass is 219 g/mol. The number of pyridine rings is 1. The first-order valence-electron chi connectivity index (χ1n) is 4.69. The molecule has 0 aliphatic carbocycles. The lowest BCUT2D eigenvalue weighted by molar-refractivity contribution is -0.116. The second-order valence-electron chi connectivity index (χ2n) is 3.51. The zero-order chi connectivity index (χ0) is 10.8. The molecule has 0 unspecified atom stereocenters. The van der Waals surface area contributed by atoms with Gasteiger partial charge in [-0.1, -0.05) is 17.7 Å². The fourth-order valence-electron chi connectivity index (χ4n) is 1.60. The number of rotatable bonds is 2. The first kappa shape index (κ1) is 10.1. The summed E-state index contributed by atoms with van der Waals surface area (Å²) < 4.78 is 0. The maximum absolute atomic E-state index is 11.1. The van der Waals surface area contributed by atoms with Gasteiger partial charge in [0, 0.05) is 23.0 Å². The maximum atomic E-state index is 11.1. The molecule has 76 valence electrons. The lowest BCUT2D eigenvalue weighted by Gasteiger charge is -2.03. The highest BCUT2D eigenvalue weighted by Crippen LogP contribution is 2.21. The highest BCUT2D eigenvalue weighted by molar-refractivity contribution is 6.31. The smallest absolute Gasteiger partial charge is 0.134 e. The summed E-state index contributed by atoms with van der Waals surface area (Å²) in [5, 5.41) is 1.66. The Morgan fingerprint density at radius 2 is 2.20 bits per heavy atom. The van der Waals surface area contributed by atoms with Crippen LogP contribution in [0.3, 0.4) is 0 Å². The van der Waals surface area contributed by atoms with Crippen LogP contribution in [-0.4, -0.2) is 10.8 Å². The van der Waals surface area contributed by atoms with Gasteiger partial charge < -0.3 is 0 Å². The van der Waals surface area contributed by atoms with E-state index in [-0.39, 0.29) is 5.78 Å². The van der Waals surface area contributed by atoms with Crippen molar-refractivity contribution in [2.45, 2.75) is 13.3 Å². The number of ketones is 1. The summed E-state index contributed by atoms with van der Waals surface area (Å²) in [6, 6.07) is 7.40. The first-order valence-corrected chi connectivity index (χ1v) is 5.07. The minimum absolute atomic E-state index is 0.150. The van der Waals surface area contributed by atoms with Crippen molar-refractivity contribution in [2.75, 3.05) is 0 Å². The van der Waals surface area contributed by atoms with E-state index in [1.807, 2.05) is 18.2 Å². The lowest BCUT2D eigenvalue weighted by Crippen LogP contribution is -1.97. The molecular weight excluding hydrogens is 210 g/mol. The SMILES string of the molecule is CC(=O)Cc1ccnc2cc(Cl)ccc12. The van der Waals surface area contributed by atoms with Gasteiger partial charge in [-0.15, -0.1) is 0 Å². The fourth-order valence-corrected chi connectivity index (χ4v) is 1.77. The van der Waals surface area contributed by atoms with Gasteiger partial charge in [0.1, 0.15) is 5.78 Å². The number of carbonyl (C=O) groups is 1. The molecule has 0 amide bonds. The van der Waals surface area contributed by atoms with Gasteiger partial charge in [0.05, 0.1) is 5.52 Å². The average Bonchev–Trinajstić information content (AvgIpc) is 2.16. The van der Waals surface area contributed by atoms with Crippen LogP contribution in [0.15, 0.2) is 30.5 Å². The third-order valence-corrected chi connectivity index (χ3v) is 2.47. The Kier molecular flexibility index (Phi) is 2.69. The third kappa shape index (κ3) is 2.16. The van der Waals surface area contributed by atoms with Crippen molar-refractivity contribution in [3.8, 4) is 0 Å². The van der Waals surface area contributed by atoms with E-state index >= 15 is 0 Å². The largest absolute Gasteiger partial charge is 0.300 e. The van der Waals surface area contributed by atoms with E-state index in [9.17, 15) is 4.79 Å². The summed E-state index contributed by atoms with van der Waals surface area (Å²) in [4.78, 5) is 15.3. The zero-order valence-electron chi connectivity index (χ0n) is 8.33. The van der Waals surface area contributed by atoms with Crippen LogP contribution in [0.5, 0.6) is 0 Å². The minimum atomic E-state index is 0.150. The molecule has 15 heavy (non-hydrogen) atoms. The summed E-state index contributed by atoms with van der Waals surface area (Å²) in [5.41, 5.74) is 1.84. The van der Waals surface area contributed by atoms with Crippen molar-refractivity contribution >= 4 is 28.3 Å². The molecule has 0 aliphatic heterocycles. The lowest BCUT2D eigenvalue weighted by atomic mass is 10.0. The molecule has 2 aromatic rings. The van der Waals surface area contributed by atoms with E-state index < -0.39 is 0 Å². The predicted molar refractivity (Wildman–Crippen MR) is 61.1 cm³/mol. The van der Waals surface area contributed by atoms with Crippen LogP contribution in [-0.2, 0) is 11.2 Å². The van der Waals surface area contributed by atoms with Crippen molar-refractivity contribution in [1.29, 1.82) is 0 Å². The Morgan fingerprint density at radius 1 is 1.40 bits per heavy atom. The Morgan fingerprint density at radius 3 is 2.93 bits per heavy atom. The number of carbonyl (C=O) groups excluding carboxylic acids is 1. The van der Waals surface area contributed by atoms with Crippen LogP contribution in [0.2, 0.25) is 5.02 Å². The fraction of sp³-hybridized carbons (Fsp3) is 0.167. The van der Waals surface area contributed by atoms with Crippen LogP contribution in [0.25, 0.3) is 10.9 Å². The third-order valence-electron chi connectivity index (χ3n) is 2.23. The van der Waals surface area contributed by atoms with Gasteiger partial charge >= 0.3 is 0 Å². The Labute approximate surface area is 92.9 Å². The van der Waals surface area contributed by atoms with Gasteiger partial charge in [-0.2, -0.15) is 0 Å². The van der Waals surface area contributed by atoms with Crippen molar-refractivity contribution in [1.82, 2.24) is 4.98 Å². The molecule has 2 nitrogen and oxygen atoms in total. The topological polar surface area (TPSA) is 30.0 Å². The molecule has 2 rings (SSSR count). The van der Waals surface area contributed by atoms with E-state index in [4.69, 9.17) is 11.6 Å². The molecule has 1 aromatic carbocycles. The standard InChI is InChI=1S/C12H10ClNO/c1-8(15)6-9-4-5-14-12-7-10(13)2-3-11(9)12/h2-5,7H,6H2,1H3. The summed E-state index contributed by atoms with van der Waals surface area (Å²) in [6.07, 6.45) is 2.15. The van der Waals surface area contributed by atoms with Crippen molar-refractivity contribution in [3.05, 3.63) is 41.0 Å². The molecule has 1 heterocycles. The van der Waals surface area contributed by atoms with E-state index in [0.717, 1.165) is 16.5 Å². The number of nitrogens with zero attached hydrogens (tertiary/aromatic N) is 1. The van der Waals surface area contributed by atoms with Gasteiger partial charge in [-0.3, -0.25) is 9.78 Å². The molecule has 0 bridgehead atoms. The molecule has 1 aromatic heterocycles. The molecule has 0 spiro atoms. The number of aromatic nitrogens is 1. The highest BCUT2D eigenvalue weighted by Gasteiger charge is 2.04. The first-order chi connectivity index (χ1) is 7.16. The molecule has 0 saturated carbocycles. The quantitative estimate of drug-likeness (QED) is 0.777. The van der Waals surface area contributed by atoms with Crippen LogP contribution in [0.4, 0.5) is 0 Å². The van der Waals surface area contributed by atoms with E-state index in [0.29, 0.717) is 11.4 Å². The number of fused-ring (bicyclic) bond motifs is 1. The van der Waals surface area contributed by atoms with Crippen molar-refractivity contribution in [2.24, 2.45) is 0 Å².